The Morgan fingerprint density at radius 1 is 0.800 bits per heavy atom. The third-order valence-corrected chi connectivity index (χ3v) is 4.90. The largest absolute Gasteiger partial charge is 0.497 e. The normalized spacial score (nSPS) is 12.0. The Kier molecular flexibility index (Phi) is 4.98. The van der Waals surface area contributed by atoms with Gasteiger partial charge in [-0.25, -0.2) is 4.79 Å². The van der Waals surface area contributed by atoms with E-state index >= 15 is 0 Å². The first-order valence-electron chi connectivity index (χ1n) is 9.17. The zero-order valence-electron chi connectivity index (χ0n) is 16.0. The second kappa shape index (κ2) is 7.75. The number of hydrogen-bond acceptors (Lipinski definition) is 6. The Labute approximate surface area is 172 Å². The highest BCUT2D eigenvalue weighted by molar-refractivity contribution is 6.30. The van der Waals surface area contributed by atoms with Gasteiger partial charge in [-0.05, 0) is 18.2 Å². The molecule has 0 spiro atoms. The lowest BCUT2D eigenvalue weighted by atomic mass is 9.82. The molecule has 30 heavy (non-hydrogen) atoms. The van der Waals surface area contributed by atoms with E-state index in [9.17, 15) is 19.2 Å². The molecule has 1 aliphatic carbocycles. The smallest absolute Gasteiger partial charge is 0.339 e. The summed E-state index contributed by atoms with van der Waals surface area (Å²) in [6.07, 6.45) is 0. The molecule has 0 aromatic heterocycles. The minimum Gasteiger partial charge on any atom is -0.497 e. The van der Waals surface area contributed by atoms with Crippen molar-refractivity contribution in [2.75, 3.05) is 13.7 Å². The van der Waals surface area contributed by atoms with Crippen LogP contribution in [0.4, 0.5) is 0 Å². The number of ketones is 3. The van der Waals surface area contributed by atoms with E-state index in [-0.39, 0.29) is 28.0 Å². The molecule has 0 unspecified atom stereocenters. The average molecular weight is 400 g/mol. The van der Waals surface area contributed by atoms with Crippen LogP contribution in [0.15, 0.2) is 66.7 Å². The zero-order chi connectivity index (χ0) is 21.3. The monoisotopic (exact) mass is 400 g/mol. The van der Waals surface area contributed by atoms with Gasteiger partial charge in [0.2, 0.25) is 0 Å². The molecule has 6 heteroatoms. The van der Waals surface area contributed by atoms with Gasteiger partial charge >= 0.3 is 5.97 Å². The maximum atomic E-state index is 13.0. The molecule has 0 aliphatic heterocycles. The molecule has 0 radical (unpaired) electrons. The molecule has 4 rings (SSSR count). The van der Waals surface area contributed by atoms with E-state index in [0.29, 0.717) is 16.9 Å². The summed E-state index contributed by atoms with van der Waals surface area (Å²) in [5.74, 6) is -1.51. The van der Waals surface area contributed by atoms with Crippen LogP contribution in [-0.2, 0) is 4.74 Å². The van der Waals surface area contributed by atoms with Crippen molar-refractivity contribution in [3.63, 3.8) is 0 Å². The van der Waals surface area contributed by atoms with E-state index < -0.39 is 24.1 Å². The third kappa shape index (κ3) is 3.28. The molecular weight excluding hydrogens is 384 g/mol. The fourth-order valence-corrected chi connectivity index (χ4v) is 3.40. The molecule has 3 aromatic carbocycles. The number of fused-ring (bicyclic) bond motifs is 2. The molecule has 0 heterocycles. The number of ether oxygens (including phenoxy) is 2. The van der Waals surface area contributed by atoms with Crippen molar-refractivity contribution in [1.82, 2.24) is 0 Å². The van der Waals surface area contributed by atoms with Crippen LogP contribution < -0.4 is 4.74 Å². The summed E-state index contributed by atoms with van der Waals surface area (Å²) in [5.41, 5.74) is 0.972. The van der Waals surface area contributed by atoms with Crippen molar-refractivity contribution >= 4 is 23.3 Å². The maximum Gasteiger partial charge on any atom is 0.339 e. The van der Waals surface area contributed by atoms with Gasteiger partial charge in [0, 0.05) is 27.8 Å². The number of rotatable bonds is 5. The van der Waals surface area contributed by atoms with Crippen molar-refractivity contribution in [3.8, 4) is 5.75 Å². The minimum atomic E-state index is -0.844. The Bertz CT molecular complexity index is 1210. The summed E-state index contributed by atoms with van der Waals surface area (Å²) >= 11 is 0. The number of hydrogen-bond donors (Lipinski definition) is 0. The molecule has 0 N–H and O–H groups in total. The predicted octanol–water partition coefficient (Wildman–Crippen LogP) is 3.51. The van der Waals surface area contributed by atoms with Crippen LogP contribution in [0.1, 0.15) is 52.6 Å². The zero-order valence-corrected chi connectivity index (χ0v) is 16.0. The van der Waals surface area contributed by atoms with Crippen LogP contribution in [0.25, 0.3) is 0 Å². The number of esters is 1. The van der Waals surface area contributed by atoms with Gasteiger partial charge in [-0.2, -0.15) is 0 Å². The van der Waals surface area contributed by atoms with Gasteiger partial charge < -0.3 is 9.47 Å². The van der Waals surface area contributed by atoms with E-state index in [1.807, 2.05) is 0 Å². The van der Waals surface area contributed by atoms with Gasteiger partial charge in [0.25, 0.3) is 0 Å². The summed E-state index contributed by atoms with van der Waals surface area (Å²) < 4.78 is 10.2. The Balaban J connectivity index is 1.60. The molecule has 3 aromatic rings. The van der Waals surface area contributed by atoms with Gasteiger partial charge in [-0.3, -0.25) is 14.4 Å². The van der Waals surface area contributed by atoms with Gasteiger partial charge in [0.15, 0.2) is 24.0 Å². The van der Waals surface area contributed by atoms with E-state index in [1.165, 1.54) is 25.3 Å². The van der Waals surface area contributed by atoms with Crippen molar-refractivity contribution in [2.45, 2.75) is 0 Å². The Morgan fingerprint density at radius 2 is 1.47 bits per heavy atom. The summed E-state index contributed by atoms with van der Waals surface area (Å²) in [7, 11) is 1.48. The van der Waals surface area contributed by atoms with Gasteiger partial charge in [0.05, 0.1) is 12.7 Å². The first-order valence-corrected chi connectivity index (χ1v) is 9.17. The van der Waals surface area contributed by atoms with Crippen LogP contribution in [0.5, 0.6) is 5.75 Å². The van der Waals surface area contributed by atoms with Crippen molar-refractivity contribution in [1.29, 1.82) is 0 Å². The molecule has 0 atom stereocenters. The fraction of sp³-hybridized carbons (Fsp3) is 0.0833. The molecule has 0 fully saturated rings. The summed E-state index contributed by atoms with van der Waals surface area (Å²) in [6.45, 7) is -0.506. The summed E-state index contributed by atoms with van der Waals surface area (Å²) in [5, 5.41) is 0. The molecule has 0 bridgehead atoms. The molecule has 148 valence electrons. The van der Waals surface area contributed by atoms with E-state index in [4.69, 9.17) is 9.47 Å². The SMILES string of the molecule is COc1cccc(C(=O)COC(=O)c2cccc3c2C(=O)c2ccccc2C3=O)c1. The van der Waals surface area contributed by atoms with Crippen LogP contribution in [0, 0.1) is 0 Å². The summed E-state index contributed by atoms with van der Waals surface area (Å²) in [4.78, 5) is 50.8. The van der Waals surface area contributed by atoms with Crippen LogP contribution in [-0.4, -0.2) is 37.0 Å². The molecule has 0 saturated carbocycles. The van der Waals surface area contributed by atoms with Crippen LogP contribution >= 0.6 is 0 Å². The second-order valence-corrected chi connectivity index (χ2v) is 6.66. The van der Waals surface area contributed by atoms with Crippen molar-refractivity contribution in [3.05, 3.63) is 100 Å². The lowest BCUT2D eigenvalue weighted by Crippen LogP contribution is -2.25. The highest BCUT2D eigenvalue weighted by atomic mass is 16.5. The molecule has 0 amide bonds. The highest BCUT2D eigenvalue weighted by Gasteiger charge is 2.33. The summed E-state index contributed by atoms with van der Waals surface area (Å²) in [6, 6.07) is 17.4. The first-order chi connectivity index (χ1) is 14.5. The van der Waals surface area contributed by atoms with E-state index in [0.717, 1.165) is 0 Å². The first kappa shape index (κ1) is 19.3. The maximum absolute atomic E-state index is 13.0. The number of methoxy groups -OCH3 is 1. The topological polar surface area (TPSA) is 86.7 Å². The third-order valence-electron chi connectivity index (χ3n) is 4.90. The standard InChI is InChI=1S/C24H16O6/c1-29-15-7-4-6-14(12-15)20(25)13-30-24(28)19-11-5-10-18-21(19)23(27)17-9-3-2-8-16(17)22(18)26/h2-12H,13H2,1H3. The second-order valence-electron chi connectivity index (χ2n) is 6.66. The van der Waals surface area contributed by atoms with E-state index in [1.54, 1.807) is 48.5 Å². The number of carbonyl (C=O) groups is 4. The van der Waals surface area contributed by atoms with Crippen molar-refractivity contribution < 1.29 is 28.7 Å². The lowest BCUT2D eigenvalue weighted by Gasteiger charge is -2.19. The van der Waals surface area contributed by atoms with Gasteiger partial charge in [-0.1, -0.05) is 48.5 Å². The number of Topliss-reactive ketones (excluding diaryl/α,β-unsaturated/α-hetero) is 1. The number of benzene rings is 3. The highest BCUT2D eigenvalue weighted by Crippen LogP contribution is 2.29. The fourth-order valence-electron chi connectivity index (χ4n) is 3.40. The molecular formula is C24H16O6. The lowest BCUT2D eigenvalue weighted by molar-refractivity contribution is 0.0472. The molecule has 1 aliphatic rings. The van der Waals surface area contributed by atoms with E-state index in [2.05, 4.69) is 0 Å². The number of carbonyl (C=O) groups excluding carboxylic acids is 4. The Morgan fingerprint density at radius 3 is 2.20 bits per heavy atom. The quantitative estimate of drug-likeness (QED) is 0.376. The van der Waals surface area contributed by atoms with Gasteiger partial charge in [0.1, 0.15) is 5.75 Å². The van der Waals surface area contributed by atoms with Crippen molar-refractivity contribution in [2.24, 2.45) is 0 Å². The minimum absolute atomic E-state index is 0.0000272. The molecule has 0 saturated heterocycles. The predicted molar refractivity (Wildman–Crippen MR) is 107 cm³/mol. The van der Waals surface area contributed by atoms with Crippen LogP contribution in [0.3, 0.4) is 0 Å². The average Bonchev–Trinajstić information content (AvgIpc) is 2.80. The van der Waals surface area contributed by atoms with Crippen LogP contribution in [0.2, 0.25) is 0 Å². The molecule has 6 nitrogen and oxygen atoms in total. The van der Waals surface area contributed by atoms with Gasteiger partial charge in [-0.15, -0.1) is 0 Å². The Hall–Kier alpha value is -4.06.